The molecule has 1 saturated heterocycles. The third-order valence-corrected chi connectivity index (χ3v) is 3.44. The lowest BCUT2D eigenvalue weighted by atomic mass is 9.94. The zero-order valence-electron chi connectivity index (χ0n) is 11.4. The Labute approximate surface area is 117 Å². The number of likely N-dealkylation sites (N-methyl/N-ethyl adjacent to an activating group) is 1. The number of carbonyl (C=O) groups is 1. The highest BCUT2D eigenvalue weighted by Crippen LogP contribution is 2.26. The molecule has 1 aliphatic heterocycles. The van der Waals surface area contributed by atoms with Gasteiger partial charge in [-0.3, -0.25) is 0 Å². The summed E-state index contributed by atoms with van der Waals surface area (Å²) in [7, 11) is 1.73. The van der Waals surface area contributed by atoms with E-state index in [1.54, 1.807) is 11.9 Å². The third-order valence-electron chi connectivity index (χ3n) is 3.44. The Balaban J connectivity index is 2.17. The lowest BCUT2D eigenvalue weighted by molar-refractivity contribution is -0.0573. The molecule has 110 valence electrons. The van der Waals surface area contributed by atoms with Crippen molar-refractivity contribution in [2.75, 3.05) is 37.4 Å². The number of nitrogen functional groups attached to an aromatic ring is 1. The molecule has 0 bridgehead atoms. The first-order valence-corrected chi connectivity index (χ1v) is 6.42. The Morgan fingerprint density at radius 1 is 1.50 bits per heavy atom. The molecule has 0 aliphatic carbocycles. The maximum Gasteiger partial charge on any atom is 0.354 e. The molecular weight excluding hydrogens is 262 g/mol. The van der Waals surface area contributed by atoms with Crippen LogP contribution in [0.25, 0.3) is 0 Å². The first kappa shape index (κ1) is 14.5. The van der Waals surface area contributed by atoms with Gasteiger partial charge in [-0.05, 0) is 12.1 Å². The Bertz CT molecular complexity index is 500. The number of aromatic carboxylic acids is 1. The zero-order valence-corrected chi connectivity index (χ0v) is 11.4. The number of anilines is 2. The van der Waals surface area contributed by atoms with Crippen LogP contribution >= 0.6 is 0 Å². The molecule has 4 N–H and O–H groups in total. The Morgan fingerprint density at radius 3 is 2.75 bits per heavy atom. The van der Waals surface area contributed by atoms with Gasteiger partial charge in [0.05, 0.1) is 11.3 Å². The number of rotatable bonds is 4. The van der Waals surface area contributed by atoms with E-state index in [0.29, 0.717) is 44.1 Å². The molecule has 7 nitrogen and oxygen atoms in total. The second kappa shape index (κ2) is 5.64. The van der Waals surface area contributed by atoms with Gasteiger partial charge in [0.15, 0.2) is 11.5 Å². The number of hydrogen-bond acceptors (Lipinski definition) is 6. The fourth-order valence-electron chi connectivity index (χ4n) is 2.31. The molecule has 1 aliphatic rings. The molecular formula is C13H19N3O4. The van der Waals surface area contributed by atoms with Crippen LogP contribution < -0.4 is 10.6 Å². The van der Waals surface area contributed by atoms with Gasteiger partial charge in [0.25, 0.3) is 0 Å². The van der Waals surface area contributed by atoms with E-state index in [1.165, 1.54) is 12.1 Å². The molecule has 0 saturated carbocycles. The minimum Gasteiger partial charge on any atom is -0.477 e. The van der Waals surface area contributed by atoms with Gasteiger partial charge in [0.2, 0.25) is 0 Å². The van der Waals surface area contributed by atoms with Crippen molar-refractivity contribution in [3.8, 4) is 0 Å². The van der Waals surface area contributed by atoms with Gasteiger partial charge in [0, 0.05) is 39.6 Å². The van der Waals surface area contributed by atoms with Gasteiger partial charge >= 0.3 is 5.97 Å². The van der Waals surface area contributed by atoms with E-state index in [9.17, 15) is 9.90 Å². The van der Waals surface area contributed by atoms with Crippen molar-refractivity contribution in [2.45, 2.75) is 18.4 Å². The first-order chi connectivity index (χ1) is 9.41. The summed E-state index contributed by atoms with van der Waals surface area (Å²) in [6.07, 6.45) is 1.08. The zero-order chi connectivity index (χ0) is 14.8. The number of aliphatic hydroxyl groups is 1. The van der Waals surface area contributed by atoms with Crippen LogP contribution in [0, 0.1) is 0 Å². The number of nitrogens with two attached hydrogens (primary N) is 1. The quantitative estimate of drug-likeness (QED) is 0.730. The molecule has 0 unspecified atom stereocenters. The lowest BCUT2D eigenvalue weighted by Gasteiger charge is -2.36. The van der Waals surface area contributed by atoms with Crippen LogP contribution in [-0.2, 0) is 4.74 Å². The molecule has 0 radical (unpaired) electrons. The molecule has 1 fully saturated rings. The van der Waals surface area contributed by atoms with E-state index < -0.39 is 11.6 Å². The minimum atomic E-state index is -1.11. The molecule has 0 aromatic carbocycles. The number of aromatic nitrogens is 1. The van der Waals surface area contributed by atoms with Crippen LogP contribution in [0.1, 0.15) is 23.3 Å². The van der Waals surface area contributed by atoms with Gasteiger partial charge in [-0.1, -0.05) is 0 Å². The highest BCUT2D eigenvalue weighted by molar-refractivity contribution is 5.86. The summed E-state index contributed by atoms with van der Waals surface area (Å²) < 4.78 is 5.23. The van der Waals surface area contributed by atoms with E-state index >= 15 is 0 Å². The third kappa shape index (κ3) is 3.17. The van der Waals surface area contributed by atoms with Crippen LogP contribution in [0.5, 0.6) is 0 Å². The van der Waals surface area contributed by atoms with Crippen LogP contribution in [-0.4, -0.2) is 53.6 Å². The van der Waals surface area contributed by atoms with Crippen molar-refractivity contribution < 1.29 is 19.7 Å². The smallest absolute Gasteiger partial charge is 0.354 e. The van der Waals surface area contributed by atoms with Crippen LogP contribution in [0.4, 0.5) is 11.5 Å². The van der Waals surface area contributed by atoms with E-state index in [2.05, 4.69) is 4.98 Å². The number of pyridine rings is 1. The Kier molecular flexibility index (Phi) is 4.10. The van der Waals surface area contributed by atoms with Crippen molar-refractivity contribution >= 4 is 17.5 Å². The van der Waals surface area contributed by atoms with Crippen LogP contribution in [0.2, 0.25) is 0 Å². The number of hydrogen-bond donors (Lipinski definition) is 3. The van der Waals surface area contributed by atoms with Crippen molar-refractivity contribution in [3.05, 3.63) is 17.8 Å². The molecule has 1 aromatic rings. The number of nitrogens with zero attached hydrogens (tertiary/aromatic N) is 2. The molecule has 0 atom stereocenters. The normalized spacial score (nSPS) is 17.7. The largest absolute Gasteiger partial charge is 0.477 e. The summed E-state index contributed by atoms with van der Waals surface area (Å²) >= 11 is 0. The topological polar surface area (TPSA) is 109 Å². The fraction of sp³-hybridized carbons (Fsp3) is 0.538. The number of ether oxygens (including phenoxy) is 1. The Morgan fingerprint density at radius 2 is 2.15 bits per heavy atom. The average molecular weight is 281 g/mol. The van der Waals surface area contributed by atoms with E-state index in [-0.39, 0.29) is 5.69 Å². The predicted octanol–water partition coefficient (Wildman–Crippen LogP) is 0.340. The SMILES string of the molecule is CN(CC1(O)CCOCC1)c1nc(C(=O)O)ccc1N. The fourth-order valence-corrected chi connectivity index (χ4v) is 2.31. The van der Waals surface area contributed by atoms with Crippen LogP contribution in [0.3, 0.4) is 0 Å². The monoisotopic (exact) mass is 281 g/mol. The summed E-state index contributed by atoms with van der Waals surface area (Å²) in [5.41, 5.74) is 5.29. The molecule has 7 heteroatoms. The summed E-state index contributed by atoms with van der Waals surface area (Å²) in [4.78, 5) is 16.7. The predicted molar refractivity (Wildman–Crippen MR) is 73.9 cm³/mol. The van der Waals surface area contributed by atoms with E-state index in [4.69, 9.17) is 15.6 Å². The summed E-state index contributed by atoms with van der Waals surface area (Å²) in [6, 6.07) is 2.87. The standard InChI is InChI=1S/C13H19N3O4/c1-16(8-13(19)4-6-20-7-5-13)11-9(14)2-3-10(15-11)12(17)18/h2-3,19H,4-8,14H2,1H3,(H,17,18). The highest BCUT2D eigenvalue weighted by atomic mass is 16.5. The molecule has 2 heterocycles. The number of carboxylic acid groups (broad SMARTS) is 1. The van der Waals surface area contributed by atoms with Gasteiger partial charge in [-0.25, -0.2) is 9.78 Å². The first-order valence-electron chi connectivity index (χ1n) is 6.42. The lowest BCUT2D eigenvalue weighted by Crippen LogP contribution is -2.46. The maximum atomic E-state index is 11.0. The van der Waals surface area contributed by atoms with Gasteiger partial charge in [0.1, 0.15) is 0 Å². The minimum absolute atomic E-state index is 0.0694. The molecule has 0 amide bonds. The summed E-state index contributed by atoms with van der Waals surface area (Å²) in [5.74, 6) is -0.741. The van der Waals surface area contributed by atoms with Gasteiger partial charge in [-0.15, -0.1) is 0 Å². The Hall–Kier alpha value is -1.86. The highest BCUT2D eigenvalue weighted by Gasteiger charge is 2.32. The van der Waals surface area contributed by atoms with Crippen molar-refractivity contribution in [1.29, 1.82) is 0 Å². The number of carboxylic acids is 1. The van der Waals surface area contributed by atoms with E-state index in [0.717, 1.165) is 0 Å². The molecule has 1 aromatic heterocycles. The molecule has 2 rings (SSSR count). The van der Waals surface area contributed by atoms with Crippen molar-refractivity contribution in [3.63, 3.8) is 0 Å². The maximum absolute atomic E-state index is 11.0. The van der Waals surface area contributed by atoms with Crippen molar-refractivity contribution in [1.82, 2.24) is 4.98 Å². The van der Waals surface area contributed by atoms with Gasteiger partial charge < -0.3 is 25.6 Å². The van der Waals surface area contributed by atoms with Crippen molar-refractivity contribution in [2.24, 2.45) is 0 Å². The van der Waals surface area contributed by atoms with Gasteiger partial charge in [-0.2, -0.15) is 0 Å². The average Bonchev–Trinajstić information content (AvgIpc) is 2.39. The summed E-state index contributed by atoms with van der Waals surface area (Å²) in [5, 5.41) is 19.4. The molecule has 0 spiro atoms. The summed E-state index contributed by atoms with van der Waals surface area (Å²) in [6.45, 7) is 1.36. The second-order valence-corrected chi connectivity index (χ2v) is 5.11. The van der Waals surface area contributed by atoms with E-state index in [1.807, 2.05) is 0 Å². The second-order valence-electron chi connectivity index (χ2n) is 5.11. The molecule has 20 heavy (non-hydrogen) atoms. The van der Waals surface area contributed by atoms with Crippen LogP contribution in [0.15, 0.2) is 12.1 Å².